The number of nitrogens with one attached hydrogen (secondary N) is 1. The average Bonchev–Trinajstić information content (AvgIpc) is 3.48. The largest absolute Gasteiger partial charge is 0.381 e. The molecule has 0 aliphatic heterocycles. The van der Waals surface area contributed by atoms with E-state index in [0.717, 1.165) is 33.2 Å². The van der Waals surface area contributed by atoms with E-state index in [0.29, 0.717) is 25.2 Å². The molecule has 0 radical (unpaired) electrons. The monoisotopic (exact) mass is 478 g/mol. The second-order valence-electron chi connectivity index (χ2n) is 8.03. The standard InChI is InChI=1S/C25H21ClF2N6/c26-23-4-2-1-3-17(23)11-30-21-6-8-25-18(9-21)12-31-34(25)14-19(13-33-16-29-15-32-33)22-7-5-20(27)10-24(22)28/h1-10,12,15-16,19,30H,11,13-14H2. The zero-order chi connectivity index (χ0) is 23.5. The van der Waals surface area contributed by atoms with Crippen LogP contribution < -0.4 is 5.32 Å². The number of anilines is 1. The second-order valence-corrected chi connectivity index (χ2v) is 8.43. The van der Waals surface area contributed by atoms with Gasteiger partial charge in [0.2, 0.25) is 0 Å². The minimum atomic E-state index is -0.609. The van der Waals surface area contributed by atoms with Crippen molar-refractivity contribution in [2.45, 2.75) is 25.6 Å². The molecule has 5 aromatic rings. The van der Waals surface area contributed by atoms with E-state index in [1.165, 1.54) is 18.5 Å². The lowest BCUT2D eigenvalue weighted by Crippen LogP contribution is -2.18. The minimum Gasteiger partial charge on any atom is -0.381 e. The molecule has 0 saturated carbocycles. The summed E-state index contributed by atoms with van der Waals surface area (Å²) in [5.41, 5.74) is 3.26. The van der Waals surface area contributed by atoms with Gasteiger partial charge in [-0.15, -0.1) is 0 Å². The van der Waals surface area contributed by atoms with E-state index in [4.69, 9.17) is 11.6 Å². The third-order valence-corrected chi connectivity index (χ3v) is 6.12. The maximum Gasteiger partial charge on any atom is 0.137 e. The fourth-order valence-electron chi connectivity index (χ4n) is 4.03. The highest BCUT2D eigenvalue weighted by atomic mass is 35.5. The number of nitrogens with zero attached hydrogens (tertiary/aromatic N) is 5. The molecule has 0 aliphatic rings. The number of aromatic nitrogens is 5. The smallest absolute Gasteiger partial charge is 0.137 e. The Morgan fingerprint density at radius 1 is 0.971 bits per heavy atom. The van der Waals surface area contributed by atoms with Crippen molar-refractivity contribution in [3.05, 3.63) is 107 Å². The Morgan fingerprint density at radius 2 is 1.85 bits per heavy atom. The van der Waals surface area contributed by atoms with E-state index in [1.807, 2.05) is 47.1 Å². The van der Waals surface area contributed by atoms with Crippen molar-refractivity contribution in [3.63, 3.8) is 0 Å². The molecule has 0 fully saturated rings. The first kappa shape index (κ1) is 22.0. The molecule has 5 rings (SSSR count). The van der Waals surface area contributed by atoms with Crippen LogP contribution in [0.5, 0.6) is 0 Å². The summed E-state index contributed by atoms with van der Waals surface area (Å²) in [6.07, 6.45) is 4.79. The lowest BCUT2D eigenvalue weighted by atomic mass is 9.98. The van der Waals surface area contributed by atoms with Crippen LogP contribution in [0.2, 0.25) is 5.02 Å². The number of hydrogen-bond donors (Lipinski definition) is 1. The first-order valence-electron chi connectivity index (χ1n) is 10.8. The van der Waals surface area contributed by atoms with Crippen LogP contribution in [-0.4, -0.2) is 24.5 Å². The van der Waals surface area contributed by atoms with Crippen LogP contribution in [0.4, 0.5) is 14.5 Å². The van der Waals surface area contributed by atoms with E-state index < -0.39 is 11.6 Å². The molecule has 1 N–H and O–H groups in total. The van der Waals surface area contributed by atoms with Crippen molar-refractivity contribution in [2.24, 2.45) is 0 Å². The molecule has 2 heterocycles. The molecule has 34 heavy (non-hydrogen) atoms. The fraction of sp³-hybridized carbons (Fsp3) is 0.160. The molecule has 9 heteroatoms. The third kappa shape index (κ3) is 4.77. The first-order valence-corrected chi connectivity index (χ1v) is 11.1. The second kappa shape index (κ2) is 9.61. The SMILES string of the molecule is Fc1ccc(C(Cn2cncn2)Cn2ncc3cc(NCc4ccccc4Cl)ccc32)c(F)c1. The predicted octanol–water partition coefficient (Wildman–Crippen LogP) is 5.66. The van der Waals surface area contributed by atoms with E-state index in [-0.39, 0.29) is 5.92 Å². The van der Waals surface area contributed by atoms with Crippen molar-refractivity contribution in [1.82, 2.24) is 24.5 Å². The normalized spacial score (nSPS) is 12.2. The number of hydrogen-bond acceptors (Lipinski definition) is 4. The van der Waals surface area contributed by atoms with Crippen molar-refractivity contribution in [3.8, 4) is 0 Å². The van der Waals surface area contributed by atoms with Gasteiger partial charge in [-0.1, -0.05) is 35.9 Å². The molecule has 172 valence electrons. The highest BCUT2D eigenvalue weighted by Crippen LogP contribution is 2.27. The molecule has 0 bridgehead atoms. The Hall–Kier alpha value is -3.78. The lowest BCUT2D eigenvalue weighted by molar-refractivity contribution is 0.428. The van der Waals surface area contributed by atoms with Gasteiger partial charge in [0.25, 0.3) is 0 Å². The van der Waals surface area contributed by atoms with Crippen molar-refractivity contribution in [2.75, 3.05) is 5.32 Å². The summed E-state index contributed by atoms with van der Waals surface area (Å²) in [6.45, 7) is 1.36. The maximum atomic E-state index is 14.6. The summed E-state index contributed by atoms with van der Waals surface area (Å²) in [4.78, 5) is 3.97. The van der Waals surface area contributed by atoms with Gasteiger partial charge in [-0.2, -0.15) is 10.2 Å². The molecule has 2 aromatic heterocycles. The van der Waals surface area contributed by atoms with E-state index in [9.17, 15) is 8.78 Å². The fourth-order valence-corrected chi connectivity index (χ4v) is 4.23. The first-order chi connectivity index (χ1) is 16.6. The predicted molar refractivity (Wildman–Crippen MR) is 128 cm³/mol. The van der Waals surface area contributed by atoms with Crippen LogP contribution in [0.3, 0.4) is 0 Å². The molecule has 0 spiro atoms. The van der Waals surface area contributed by atoms with Gasteiger partial charge < -0.3 is 5.32 Å². The zero-order valence-electron chi connectivity index (χ0n) is 18.1. The zero-order valence-corrected chi connectivity index (χ0v) is 18.8. The van der Waals surface area contributed by atoms with Crippen molar-refractivity contribution < 1.29 is 8.78 Å². The topological polar surface area (TPSA) is 60.6 Å². The molecular weight excluding hydrogens is 458 g/mol. The van der Waals surface area contributed by atoms with Gasteiger partial charge in [-0.3, -0.25) is 9.36 Å². The Kier molecular flexibility index (Phi) is 6.22. The van der Waals surface area contributed by atoms with Crippen molar-refractivity contribution >= 4 is 28.2 Å². The van der Waals surface area contributed by atoms with Crippen LogP contribution in [-0.2, 0) is 19.6 Å². The molecular formula is C25H21ClF2N6. The Labute approximate surface area is 199 Å². The van der Waals surface area contributed by atoms with Gasteiger partial charge >= 0.3 is 0 Å². The number of benzene rings is 3. The van der Waals surface area contributed by atoms with E-state index >= 15 is 0 Å². The molecule has 6 nitrogen and oxygen atoms in total. The Morgan fingerprint density at radius 3 is 2.65 bits per heavy atom. The van der Waals surface area contributed by atoms with Crippen LogP contribution in [0.1, 0.15) is 17.0 Å². The van der Waals surface area contributed by atoms with Crippen LogP contribution in [0, 0.1) is 11.6 Å². The molecule has 0 aliphatic carbocycles. The van der Waals surface area contributed by atoms with Crippen molar-refractivity contribution in [1.29, 1.82) is 0 Å². The Balaban J connectivity index is 1.39. The summed E-state index contributed by atoms with van der Waals surface area (Å²) in [6, 6.07) is 17.3. The summed E-state index contributed by atoms with van der Waals surface area (Å²) < 4.78 is 31.6. The maximum absolute atomic E-state index is 14.6. The quantitative estimate of drug-likeness (QED) is 0.313. The molecule has 1 unspecified atom stereocenters. The van der Waals surface area contributed by atoms with Gasteiger partial charge in [-0.25, -0.2) is 13.8 Å². The van der Waals surface area contributed by atoms with Gasteiger partial charge in [0, 0.05) is 34.6 Å². The highest BCUT2D eigenvalue weighted by Gasteiger charge is 2.20. The van der Waals surface area contributed by atoms with Crippen LogP contribution in [0.15, 0.2) is 79.5 Å². The third-order valence-electron chi connectivity index (χ3n) is 5.75. The number of halogens is 3. The Bertz CT molecular complexity index is 1420. The highest BCUT2D eigenvalue weighted by molar-refractivity contribution is 6.31. The summed E-state index contributed by atoms with van der Waals surface area (Å²) in [5.74, 6) is -1.53. The van der Waals surface area contributed by atoms with Gasteiger partial charge in [-0.05, 0) is 41.5 Å². The van der Waals surface area contributed by atoms with Crippen LogP contribution >= 0.6 is 11.6 Å². The summed E-state index contributed by atoms with van der Waals surface area (Å²) in [7, 11) is 0. The summed E-state index contributed by atoms with van der Waals surface area (Å²) in [5, 5.41) is 13.7. The summed E-state index contributed by atoms with van der Waals surface area (Å²) >= 11 is 6.25. The molecule has 3 aromatic carbocycles. The van der Waals surface area contributed by atoms with E-state index in [2.05, 4.69) is 20.5 Å². The van der Waals surface area contributed by atoms with Gasteiger partial charge in [0.05, 0.1) is 24.8 Å². The van der Waals surface area contributed by atoms with Gasteiger partial charge in [0.15, 0.2) is 0 Å². The minimum absolute atomic E-state index is 0.330. The van der Waals surface area contributed by atoms with E-state index in [1.54, 1.807) is 17.2 Å². The average molecular weight is 479 g/mol. The molecule has 1 atom stereocenters. The molecule has 0 saturated heterocycles. The number of fused-ring (bicyclic) bond motifs is 1. The number of rotatable bonds is 8. The lowest BCUT2D eigenvalue weighted by Gasteiger charge is -2.19. The molecule has 0 amide bonds. The van der Waals surface area contributed by atoms with Gasteiger partial charge in [0.1, 0.15) is 24.3 Å². The van der Waals surface area contributed by atoms with Crippen LogP contribution in [0.25, 0.3) is 10.9 Å².